The number of halogens is 3. The molecule has 0 spiro atoms. The molecule has 0 aliphatic rings. The summed E-state index contributed by atoms with van der Waals surface area (Å²) in [6, 6.07) is 26.6. The molecule has 5 aromatic rings. The molecule has 0 saturated carbocycles. The molecule has 0 unspecified atom stereocenters. The smallest absolute Gasteiger partial charge is 0.433 e. The minimum absolute atomic E-state index is 0.129. The molecule has 170 valence electrons. The summed E-state index contributed by atoms with van der Waals surface area (Å²) >= 11 is 0. The summed E-state index contributed by atoms with van der Waals surface area (Å²) in [6.45, 7) is 2.35. The van der Waals surface area contributed by atoms with Gasteiger partial charge in [-0.25, -0.2) is 9.50 Å². The lowest BCUT2D eigenvalue weighted by Gasteiger charge is -2.11. The van der Waals surface area contributed by atoms with Crippen molar-refractivity contribution in [2.45, 2.75) is 19.7 Å². The van der Waals surface area contributed by atoms with E-state index in [4.69, 9.17) is 4.74 Å². The second-order valence-electron chi connectivity index (χ2n) is 7.99. The molecule has 0 fully saturated rings. The number of fused-ring (bicyclic) bond motifs is 1. The number of alkyl halides is 3. The van der Waals surface area contributed by atoms with Crippen LogP contribution in [0.4, 0.5) is 13.2 Å². The molecule has 2 aromatic heterocycles. The van der Waals surface area contributed by atoms with Crippen molar-refractivity contribution in [1.29, 1.82) is 0 Å². The molecule has 0 radical (unpaired) electrons. The minimum Gasteiger partial charge on any atom is -0.489 e. The van der Waals surface area contributed by atoms with Crippen LogP contribution in [0.2, 0.25) is 0 Å². The summed E-state index contributed by atoms with van der Waals surface area (Å²) in [4.78, 5) is 4.47. The summed E-state index contributed by atoms with van der Waals surface area (Å²) in [7, 11) is 0. The van der Waals surface area contributed by atoms with E-state index in [-0.39, 0.29) is 11.3 Å². The molecule has 3 aromatic carbocycles. The van der Waals surface area contributed by atoms with Gasteiger partial charge in [-0.3, -0.25) is 0 Å². The summed E-state index contributed by atoms with van der Waals surface area (Å²) < 4.78 is 48.3. The third kappa shape index (κ3) is 4.50. The largest absolute Gasteiger partial charge is 0.489 e. The number of benzene rings is 3. The van der Waals surface area contributed by atoms with Crippen LogP contribution in [0.1, 0.15) is 16.8 Å². The first-order valence-electron chi connectivity index (χ1n) is 10.7. The maximum atomic E-state index is 13.9. The average molecular weight is 459 g/mol. The highest BCUT2D eigenvalue weighted by molar-refractivity contribution is 5.68. The maximum absolute atomic E-state index is 13.9. The topological polar surface area (TPSA) is 39.4 Å². The maximum Gasteiger partial charge on any atom is 0.433 e. The third-order valence-corrected chi connectivity index (χ3v) is 5.46. The molecule has 2 heterocycles. The second-order valence-corrected chi connectivity index (χ2v) is 7.99. The van der Waals surface area contributed by atoms with E-state index < -0.39 is 11.9 Å². The Bertz CT molecular complexity index is 1430. The number of aromatic nitrogens is 3. The van der Waals surface area contributed by atoms with Crippen molar-refractivity contribution in [3.8, 4) is 28.3 Å². The van der Waals surface area contributed by atoms with Crippen molar-refractivity contribution < 1.29 is 17.9 Å². The van der Waals surface area contributed by atoms with E-state index in [1.165, 1.54) is 0 Å². The van der Waals surface area contributed by atoms with Crippen molar-refractivity contribution in [2.75, 3.05) is 0 Å². The zero-order valence-corrected chi connectivity index (χ0v) is 18.3. The number of hydrogen-bond acceptors (Lipinski definition) is 3. The molecule has 0 N–H and O–H groups in total. The van der Waals surface area contributed by atoms with Gasteiger partial charge in [-0.1, -0.05) is 60.2 Å². The Morgan fingerprint density at radius 1 is 0.794 bits per heavy atom. The van der Waals surface area contributed by atoms with Crippen LogP contribution in [0.5, 0.6) is 5.75 Å². The molecule has 0 aliphatic carbocycles. The Labute approximate surface area is 194 Å². The van der Waals surface area contributed by atoms with E-state index in [1.54, 1.807) is 30.3 Å². The zero-order chi connectivity index (χ0) is 23.7. The lowest BCUT2D eigenvalue weighted by molar-refractivity contribution is -0.142. The van der Waals surface area contributed by atoms with Crippen LogP contribution in [0.15, 0.2) is 91.0 Å². The van der Waals surface area contributed by atoms with Gasteiger partial charge in [-0.05, 0) is 42.8 Å². The molecule has 0 atom stereocenters. The number of aryl methyl sites for hydroxylation is 1. The fraction of sp³-hybridized carbons (Fsp3) is 0.111. The van der Waals surface area contributed by atoms with Crippen LogP contribution in [0.25, 0.3) is 28.2 Å². The molecular weight excluding hydrogens is 439 g/mol. The highest BCUT2D eigenvalue weighted by Crippen LogP contribution is 2.33. The Morgan fingerprint density at radius 2 is 1.44 bits per heavy atom. The first-order valence-corrected chi connectivity index (χ1v) is 10.7. The lowest BCUT2D eigenvalue weighted by Crippen LogP contribution is -2.13. The van der Waals surface area contributed by atoms with Gasteiger partial charge < -0.3 is 4.74 Å². The van der Waals surface area contributed by atoms with Crippen molar-refractivity contribution in [3.05, 3.63) is 108 Å². The summed E-state index contributed by atoms with van der Waals surface area (Å²) in [5.41, 5.74) is 3.26. The Morgan fingerprint density at radius 3 is 2.12 bits per heavy atom. The summed E-state index contributed by atoms with van der Waals surface area (Å²) in [6.07, 6.45) is -4.59. The highest BCUT2D eigenvalue weighted by Gasteiger charge is 2.35. The van der Waals surface area contributed by atoms with E-state index in [0.717, 1.165) is 27.3 Å². The predicted molar refractivity (Wildman–Crippen MR) is 124 cm³/mol. The van der Waals surface area contributed by atoms with Gasteiger partial charge in [0, 0.05) is 17.2 Å². The quantitative estimate of drug-likeness (QED) is 0.285. The third-order valence-electron chi connectivity index (χ3n) is 5.46. The molecule has 4 nitrogen and oxygen atoms in total. The summed E-state index contributed by atoms with van der Waals surface area (Å²) in [5.74, 6) is 0.621. The molecule has 7 heteroatoms. The van der Waals surface area contributed by atoms with Crippen LogP contribution in [-0.4, -0.2) is 14.6 Å². The fourth-order valence-electron chi connectivity index (χ4n) is 3.65. The SMILES string of the molecule is Cc1ccc(-c2cc3nc(-c4ccc(OCc5ccccc5)cc4)cc(C(F)(F)F)n3n2)cc1. The van der Waals surface area contributed by atoms with Crippen LogP contribution in [0, 0.1) is 6.92 Å². The first kappa shape index (κ1) is 21.7. The first-order chi connectivity index (χ1) is 16.4. The van der Waals surface area contributed by atoms with Gasteiger partial charge in [0.15, 0.2) is 11.3 Å². The monoisotopic (exact) mass is 459 g/mol. The predicted octanol–water partition coefficient (Wildman–Crippen LogP) is 6.97. The van der Waals surface area contributed by atoms with Crippen molar-refractivity contribution in [3.63, 3.8) is 0 Å². The summed E-state index contributed by atoms with van der Waals surface area (Å²) in [5, 5.41) is 4.20. The molecule has 0 amide bonds. The Balaban J connectivity index is 1.48. The van der Waals surface area contributed by atoms with Gasteiger partial charge in [-0.15, -0.1) is 0 Å². The number of nitrogens with zero attached hydrogens (tertiary/aromatic N) is 3. The number of ether oxygens (including phenoxy) is 1. The van der Waals surface area contributed by atoms with Crippen molar-refractivity contribution >= 4 is 5.65 Å². The fourth-order valence-corrected chi connectivity index (χ4v) is 3.65. The van der Waals surface area contributed by atoms with E-state index >= 15 is 0 Å². The van der Waals surface area contributed by atoms with E-state index in [1.807, 2.05) is 61.5 Å². The minimum atomic E-state index is -4.59. The molecule has 0 bridgehead atoms. The van der Waals surface area contributed by atoms with Gasteiger partial charge in [0.1, 0.15) is 12.4 Å². The van der Waals surface area contributed by atoms with Gasteiger partial charge >= 0.3 is 6.18 Å². The van der Waals surface area contributed by atoms with E-state index in [9.17, 15) is 13.2 Å². The van der Waals surface area contributed by atoms with Crippen molar-refractivity contribution in [1.82, 2.24) is 14.6 Å². The van der Waals surface area contributed by atoms with Gasteiger partial charge in [0.25, 0.3) is 0 Å². The number of rotatable bonds is 5. The van der Waals surface area contributed by atoms with Gasteiger partial charge in [0.2, 0.25) is 0 Å². The second kappa shape index (κ2) is 8.67. The van der Waals surface area contributed by atoms with Crippen molar-refractivity contribution in [2.24, 2.45) is 0 Å². The lowest BCUT2D eigenvalue weighted by atomic mass is 10.1. The van der Waals surface area contributed by atoms with Crippen LogP contribution in [0.3, 0.4) is 0 Å². The molecular formula is C27H20F3N3O. The van der Waals surface area contributed by atoms with Gasteiger partial charge in [0.05, 0.1) is 11.4 Å². The molecule has 0 aliphatic heterocycles. The molecule has 34 heavy (non-hydrogen) atoms. The van der Waals surface area contributed by atoms with Crippen LogP contribution in [-0.2, 0) is 12.8 Å². The number of hydrogen-bond donors (Lipinski definition) is 0. The standard InChI is InChI=1S/C27H20F3N3O/c1-18-7-9-21(10-8-18)24-16-26-31-23(15-25(27(28,29)30)33(26)32-24)20-11-13-22(14-12-20)34-17-19-5-3-2-4-6-19/h2-16H,17H2,1H3. The van der Waals surface area contributed by atoms with Crippen LogP contribution >= 0.6 is 0 Å². The van der Waals surface area contributed by atoms with Gasteiger partial charge in [-0.2, -0.15) is 18.3 Å². The zero-order valence-electron chi connectivity index (χ0n) is 18.3. The van der Waals surface area contributed by atoms with E-state index in [0.29, 0.717) is 23.6 Å². The Kier molecular flexibility index (Phi) is 5.53. The Hall–Kier alpha value is -4.13. The highest BCUT2D eigenvalue weighted by atomic mass is 19.4. The van der Waals surface area contributed by atoms with Crippen LogP contribution < -0.4 is 4.74 Å². The molecule has 0 saturated heterocycles. The van der Waals surface area contributed by atoms with E-state index in [2.05, 4.69) is 10.1 Å². The molecule has 5 rings (SSSR count). The average Bonchev–Trinajstić information content (AvgIpc) is 3.27. The normalized spacial score (nSPS) is 11.6.